The Labute approximate surface area is 208 Å². The molecule has 0 spiro atoms. The van der Waals surface area contributed by atoms with Crippen molar-refractivity contribution in [3.05, 3.63) is 95.1 Å². The summed E-state index contributed by atoms with van der Waals surface area (Å²) in [7, 11) is 0. The fourth-order valence-corrected chi connectivity index (χ4v) is 4.65. The van der Waals surface area contributed by atoms with Crippen molar-refractivity contribution < 1.29 is 5.11 Å². The zero-order valence-electron chi connectivity index (χ0n) is 21.1. The third kappa shape index (κ3) is 4.99. The van der Waals surface area contributed by atoms with Crippen LogP contribution < -0.4 is 9.80 Å². The minimum atomic E-state index is 0.197. The van der Waals surface area contributed by atoms with Crippen molar-refractivity contribution in [3.63, 3.8) is 0 Å². The predicted molar refractivity (Wildman–Crippen MR) is 149 cm³/mol. The Bertz CT molecular complexity index is 1170. The summed E-state index contributed by atoms with van der Waals surface area (Å²) in [5.41, 5.74) is 7.88. The number of rotatable bonds is 9. The first-order chi connectivity index (χ1) is 17.1. The zero-order valence-corrected chi connectivity index (χ0v) is 21.1. The predicted octanol–water partition coefficient (Wildman–Crippen LogP) is 6.38. The van der Waals surface area contributed by atoms with Crippen molar-refractivity contribution in [2.75, 3.05) is 36.0 Å². The number of hydrogen-bond donors (Lipinski definition) is 1. The number of para-hydroxylation sites is 1. The van der Waals surface area contributed by atoms with Gasteiger partial charge in [-0.05, 0) is 75.2 Å². The zero-order chi connectivity index (χ0) is 24.8. The molecule has 0 atom stereocenters. The lowest BCUT2D eigenvalue weighted by Crippen LogP contribution is -2.21. The molecule has 1 aliphatic heterocycles. The van der Waals surface area contributed by atoms with Crippen molar-refractivity contribution in [1.29, 1.82) is 0 Å². The Morgan fingerprint density at radius 1 is 0.686 bits per heavy atom. The summed E-state index contributed by atoms with van der Waals surface area (Å²) in [6.45, 7) is 12.6. The van der Waals surface area contributed by atoms with E-state index in [2.05, 4.69) is 96.2 Å². The van der Waals surface area contributed by atoms with E-state index < -0.39 is 0 Å². The molecule has 5 heteroatoms. The third-order valence-corrected chi connectivity index (χ3v) is 6.60. The van der Waals surface area contributed by atoms with Gasteiger partial charge in [-0.1, -0.05) is 36.4 Å². The molecule has 0 bridgehead atoms. The highest BCUT2D eigenvalue weighted by molar-refractivity contribution is 6.31. The minimum absolute atomic E-state index is 0.197. The lowest BCUT2D eigenvalue weighted by molar-refractivity contribution is 0.474. The van der Waals surface area contributed by atoms with Crippen LogP contribution in [-0.2, 0) is 0 Å². The van der Waals surface area contributed by atoms with Crippen LogP contribution in [0, 0.1) is 0 Å². The van der Waals surface area contributed by atoms with E-state index in [1.807, 2.05) is 18.2 Å². The van der Waals surface area contributed by atoms with Crippen LogP contribution in [0.3, 0.4) is 0 Å². The van der Waals surface area contributed by atoms with Gasteiger partial charge < -0.3 is 14.9 Å². The van der Waals surface area contributed by atoms with Crippen LogP contribution in [0.25, 0.3) is 5.57 Å². The summed E-state index contributed by atoms with van der Waals surface area (Å²) in [6, 6.07) is 24.7. The maximum Gasteiger partial charge on any atom is 0.125 e. The number of allylic oxidation sites excluding steroid dienone is 1. The molecule has 3 aromatic carbocycles. The van der Waals surface area contributed by atoms with Gasteiger partial charge in [-0.2, -0.15) is 5.10 Å². The molecule has 0 amide bonds. The molecule has 35 heavy (non-hydrogen) atoms. The first kappa shape index (κ1) is 24.3. The number of phenolic OH excluding ortho intramolecular Hbond substituents is 1. The lowest BCUT2D eigenvalue weighted by Gasteiger charge is -2.23. The fourth-order valence-electron chi connectivity index (χ4n) is 4.65. The van der Waals surface area contributed by atoms with Crippen LogP contribution in [-0.4, -0.2) is 43.2 Å². The Morgan fingerprint density at radius 2 is 1.17 bits per heavy atom. The molecule has 180 valence electrons. The molecular weight excluding hydrogens is 432 g/mol. The van der Waals surface area contributed by atoms with E-state index in [1.54, 1.807) is 12.3 Å². The number of nitrogens with zero attached hydrogens (tertiary/aromatic N) is 4. The molecule has 0 aliphatic carbocycles. The topological polar surface area (TPSA) is 51.4 Å². The highest BCUT2D eigenvalue weighted by atomic mass is 16.3. The fraction of sp³-hybridized carbons (Fsp3) is 0.267. The standard InChI is InChI=1S/C30H34N4O/c1-5-33(6-2)24-17-13-22(14-18-24)29(23-15-19-25(20-16-23)34(7-3)8-4)27-21-31-32-30(27)26-11-9-10-12-28(26)35/h9-21,35H,5-8H2,1-4H3. The van der Waals surface area contributed by atoms with Gasteiger partial charge in [0.2, 0.25) is 0 Å². The Morgan fingerprint density at radius 3 is 1.63 bits per heavy atom. The third-order valence-electron chi connectivity index (χ3n) is 6.60. The highest BCUT2D eigenvalue weighted by Gasteiger charge is 2.22. The molecular formula is C30H34N4O. The molecule has 5 nitrogen and oxygen atoms in total. The average molecular weight is 467 g/mol. The molecule has 0 fully saturated rings. The Hall–Kier alpha value is -3.86. The van der Waals surface area contributed by atoms with Gasteiger partial charge in [-0.25, -0.2) is 0 Å². The van der Waals surface area contributed by atoms with Crippen LogP contribution in [0.1, 0.15) is 44.4 Å². The maximum absolute atomic E-state index is 10.5. The monoisotopic (exact) mass is 466 g/mol. The summed E-state index contributed by atoms with van der Waals surface area (Å²) >= 11 is 0. The normalized spacial score (nSPS) is 12.6. The van der Waals surface area contributed by atoms with Gasteiger partial charge in [0.15, 0.2) is 0 Å². The van der Waals surface area contributed by atoms with Crippen LogP contribution >= 0.6 is 0 Å². The van der Waals surface area contributed by atoms with Crippen LogP contribution in [0.15, 0.2) is 88.6 Å². The second kappa shape index (κ2) is 11.0. The first-order valence-corrected chi connectivity index (χ1v) is 12.5. The highest BCUT2D eigenvalue weighted by Crippen LogP contribution is 2.34. The molecule has 1 heterocycles. The van der Waals surface area contributed by atoms with Crippen LogP contribution in [0.2, 0.25) is 0 Å². The van der Waals surface area contributed by atoms with Crippen molar-refractivity contribution in [3.8, 4) is 5.75 Å². The molecule has 1 aliphatic rings. The summed E-state index contributed by atoms with van der Waals surface area (Å²) in [5.74, 6) is 0.197. The molecule has 0 radical (unpaired) electrons. The van der Waals surface area contributed by atoms with E-state index in [0.29, 0.717) is 11.3 Å². The number of hydrogen-bond acceptors (Lipinski definition) is 5. The van der Waals surface area contributed by atoms with Gasteiger partial charge in [-0.15, -0.1) is 5.10 Å². The molecule has 0 aromatic heterocycles. The molecule has 1 N–H and O–H groups in total. The summed E-state index contributed by atoms with van der Waals surface area (Å²) in [5, 5.41) is 19.2. The molecule has 3 aromatic rings. The number of phenols is 1. The van der Waals surface area contributed by atoms with Crippen molar-refractivity contribution >= 4 is 28.9 Å². The molecule has 0 unspecified atom stereocenters. The van der Waals surface area contributed by atoms with E-state index in [4.69, 9.17) is 0 Å². The largest absolute Gasteiger partial charge is 0.507 e. The minimum Gasteiger partial charge on any atom is -0.507 e. The number of aromatic hydroxyl groups is 1. The van der Waals surface area contributed by atoms with Gasteiger partial charge >= 0.3 is 0 Å². The van der Waals surface area contributed by atoms with Gasteiger partial charge in [0, 0.05) is 54.3 Å². The first-order valence-electron chi connectivity index (χ1n) is 12.5. The second-order valence-electron chi connectivity index (χ2n) is 8.44. The van der Waals surface area contributed by atoms with E-state index in [0.717, 1.165) is 48.5 Å². The Kier molecular flexibility index (Phi) is 7.66. The smallest absolute Gasteiger partial charge is 0.125 e. The molecule has 4 rings (SSSR count). The van der Waals surface area contributed by atoms with E-state index in [-0.39, 0.29) is 5.75 Å². The lowest BCUT2D eigenvalue weighted by atomic mass is 9.89. The molecule has 0 saturated carbocycles. The number of benzene rings is 3. The molecule has 0 saturated heterocycles. The van der Waals surface area contributed by atoms with Crippen molar-refractivity contribution in [2.24, 2.45) is 10.2 Å². The quantitative estimate of drug-likeness (QED) is 0.398. The van der Waals surface area contributed by atoms with Gasteiger partial charge in [0.05, 0.1) is 6.21 Å². The average Bonchev–Trinajstić information content (AvgIpc) is 3.37. The van der Waals surface area contributed by atoms with Crippen molar-refractivity contribution in [1.82, 2.24) is 0 Å². The SMILES string of the molecule is CCN(CC)c1ccc(C(=C2C=NN=C2c2ccccc2O)c2ccc(N(CC)CC)cc2)cc1. The van der Waals surface area contributed by atoms with Gasteiger partial charge in [-0.3, -0.25) is 0 Å². The summed E-state index contributed by atoms with van der Waals surface area (Å²) in [6.07, 6.45) is 1.80. The maximum atomic E-state index is 10.5. The summed E-state index contributed by atoms with van der Waals surface area (Å²) in [4.78, 5) is 4.67. The van der Waals surface area contributed by atoms with Crippen molar-refractivity contribution in [2.45, 2.75) is 27.7 Å². The van der Waals surface area contributed by atoms with Gasteiger partial charge in [0.1, 0.15) is 11.5 Å². The number of anilines is 2. The van der Waals surface area contributed by atoms with E-state index in [1.165, 1.54) is 11.4 Å². The van der Waals surface area contributed by atoms with Crippen LogP contribution in [0.4, 0.5) is 11.4 Å². The van der Waals surface area contributed by atoms with Gasteiger partial charge in [0.25, 0.3) is 0 Å². The van der Waals surface area contributed by atoms with E-state index >= 15 is 0 Å². The van der Waals surface area contributed by atoms with E-state index in [9.17, 15) is 5.11 Å². The van der Waals surface area contributed by atoms with Crippen LogP contribution in [0.5, 0.6) is 5.75 Å². The second-order valence-corrected chi connectivity index (χ2v) is 8.44. The Balaban J connectivity index is 1.86. The summed E-state index contributed by atoms with van der Waals surface area (Å²) < 4.78 is 0.